The van der Waals surface area contributed by atoms with Gasteiger partial charge in [0.1, 0.15) is 11.6 Å². The Morgan fingerprint density at radius 1 is 1.29 bits per heavy atom. The van der Waals surface area contributed by atoms with Crippen molar-refractivity contribution in [2.24, 2.45) is 0 Å². The van der Waals surface area contributed by atoms with Crippen molar-refractivity contribution in [2.45, 2.75) is 4.90 Å². The number of thioether (sulfide) groups is 1. The van der Waals surface area contributed by atoms with E-state index >= 15 is 0 Å². The first kappa shape index (κ1) is 12.3. The summed E-state index contributed by atoms with van der Waals surface area (Å²) in [5.74, 6) is -0.970. The molecule has 0 radical (unpaired) electrons. The van der Waals surface area contributed by atoms with Crippen molar-refractivity contribution in [3.63, 3.8) is 0 Å². The maximum atomic E-state index is 13.3. The third-order valence-corrected chi connectivity index (χ3v) is 3.99. The fourth-order valence-corrected chi connectivity index (χ4v) is 2.84. The number of carbonyl (C=O) groups excluding carboxylic acids is 1. The van der Waals surface area contributed by atoms with Gasteiger partial charge >= 0.3 is 0 Å². The molecule has 0 aliphatic carbocycles. The Balaban J connectivity index is 2.03. The second kappa shape index (κ2) is 5.42. The zero-order valence-electron chi connectivity index (χ0n) is 8.65. The van der Waals surface area contributed by atoms with E-state index in [1.165, 1.54) is 11.3 Å². The average molecular weight is 270 g/mol. The Morgan fingerprint density at radius 3 is 2.82 bits per heavy atom. The first-order valence-corrected chi connectivity index (χ1v) is 6.68. The van der Waals surface area contributed by atoms with Crippen LogP contribution in [0.5, 0.6) is 0 Å². The summed E-state index contributed by atoms with van der Waals surface area (Å²) in [4.78, 5) is 12.4. The van der Waals surface area contributed by atoms with Crippen molar-refractivity contribution in [1.82, 2.24) is 0 Å². The highest BCUT2D eigenvalue weighted by Crippen LogP contribution is 2.24. The van der Waals surface area contributed by atoms with Crippen molar-refractivity contribution in [1.29, 1.82) is 0 Å². The van der Waals surface area contributed by atoms with E-state index in [1.54, 1.807) is 17.5 Å². The quantitative estimate of drug-likeness (QED) is 0.617. The average Bonchev–Trinajstić information content (AvgIpc) is 2.83. The lowest BCUT2D eigenvalue weighted by molar-refractivity contribution is 0.102. The molecule has 17 heavy (non-hydrogen) atoms. The maximum Gasteiger partial charge on any atom is 0.182 e. The van der Waals surface area contributed by atoms with Crippen LogP contribution in [-0.2, 0) is 0 Å². The summed E-state index contributed by atoms with van der Waals surface area (Å²) >= 11 is 2.35. The molecule has 0 N–H and O–H groups in total. The topological polar surface area (TPSA) is 17.1 Å². The molecule has 1 nitrogen and oxygen atoms in total. The summed E-state index contributed by atoms with van der Waals surface area (Å²) in [6.45, 7) is 0. The van der Waals surface area contributed by atoms with Crippen molar-refractivity contribution < 1.29 is 13.6 Å². The molecule has 2 aromatic rings. The zero-order chi connectivity index (χ0) is 12.3. The van der Waals surface area contributed by atoms with E-state index in [0.717, 1.165) is 30.0 Å². The number of hydrogen-bond donors (Lipinski definition) is 0. The molecule has 1 aromatic heterocycles. The van der Waals surface area contributed by atoms with Crippen LogP contribution < -0.4 is 0 Å². The fraction of sp³-hybridized carbons (Fsp3) is 0.0833. The predicted octanol–water partition coefficient (Wildman–Crippen LogP) is 4.00. The van der Waals surface area contributed by atoms with E-state index in [1.807, 2.05) is 0 Å². The number of rotatable bonds is 4. The first-order chi connectivity index (χ1) is 8.16. The lowest BCUT2D eigenvalue weighted by Gasteiger charge is -2.01. The van der Waals surface area contributed by atoms with Gasteiger partial charge in [0.05, 0.1) is 10.6 Å². The number of carbonyl (C=O) groups is 1. The molecule has 0 aliphatic heterocycles. The third-order valence-electron chi connectivity index (χ3n) is 2.05. The minimum Gasteiger partial charge on any atom is -0.292 e. The highest BCUT2D eigenvalue weighted by atomic mass is 32.2. The molecule has 0 saturated carbocycles. The summed E-state index contributed by atoms with van der Waals surface area (Å²) in [7, 11) is 0. The second-order valence-corrected chi connectivity index (χ2v) is 5.23. The first-order valence-electron chi connectivity index (χ1n) is 4.81. The molecule has 1 aromatic carbocycles. The minimum absolute atomic E-state index is 0.0753. The lowest BCUT2D eigenvalue weighted by atomic mass is 10.3. The molecule has 0 bridgehead atoms. The summed E-state index contributed by atoms with van der Waals surface area (Å²) in [6, 6.07) is 6.72. The Hall–Kier alpha value is -1.20. The van der Waals surface area contributed by atoms with Gasteiger partial charge in [-0.1, -0.05) is 6.07 Å². The molecule has 0 saturated heterocycles. The molecule has 88 valence electrons. The molecule has 0 fully saturated rings. The fourth-order valence-electron chi connectivity index (χ4n) is 1.24. The van der Waals surface area contributed by atoms with Gasteiger partial charge in [0.25, 0.3) is 0 Å². The number of hydrogen-bond acceptors (Lipinski definition) is 3. The van der Waals surface area contributed by atoms with Crippen LogP contribution in [0.3, 0.4) is 0 Å². The number of thiophene rings is 1. The van der Waals surface area contributed by atoms with E-state index in [9.17, 15) is 13.6 Å². The normalized spacial score (nSPS) is 10.5. The largest absolute Gasteiger partial charge is 0.292 e. The van der Waals surface area contributed by atoms with Gasteiger partial charge in [0, 0.05) is 4.90 Å². The highest BCUT2D eigenvalue weighted by molar-refractivity contribution is 8.00. The van der Waals surface area contributed by atoms with Crippen LogP contribution in [0.15, 0.2) is 40.6 Å². The van der Waals surface area contributed by atoms with Gasteiger partial charge < -0.3 is 0 Å². The minimum atomic E-state index is -0.504. The second-order valence-electron chi connectivity index (χ2n) is 3.26. The SMILES string of the molecule is O=C(CSc1cc(F)ccc1F)c1cccs1. The van der Waals surface area contributed by atoms with E-state index in [0.29, 0.717) is 4.88 Å². The van der Waals surface area contributed by atoms with Crippen molar-refractivity contribution >= 4 is 28.9 Å². The predicted molar refractivity (Wildman–Crippen MR) is 65.7 cm³/mol. The highest BCUT2D eigenvalue weighted by Gasteiger charge is 2.10. The van der Waals surface area contributed by atoms with Crippen LogP contribution in [0.1, 0.15) is 9.67 Å². The Morgan fingerprint density at radius 2 is 2.12 bits per heavy atom. The van der Waals surface area contributed by atoms with E-state index in [4.69, 9.17) is 0 Å². The van der Waals surface area contributed by atoms with Crippen LogP contribution >= 0.6 is 23.1 Å². The van der Waals surface area contributed by atoms with Gasteiger partial charge in [-0.2, -0.15) is 0 Å². The third kappa shape index (κ3) is 3.14. The summed E-state index contributed by atoms with van der Waals surface area (Å²) < 4.78 is 26.1. The van der Waals surface area contributed by atoms with Crippen molar-refractivity contribution in [3.05, 3.63) is 52.2 Å². The van der Waals surface area contributed by atoms with Gasteiger partial charge in [-0.25, -0.2) is 8.78 Å². The van der Waals surface area contributed by atoms with Crippen LogP contribution in [-0.4, -0.2) is 11.5 Å². The molecular formula is C12H8F2OS2. The smallest absolute Gasteiger partial charge is 0.182 e. The van der Waals surface area contributed by atoms with Gasteiger partial charge in [-0.3, -0.25) is 4.79 Å². The van der Waals surface area contributed by atoms with E-state index < -0.39 is 11.6 Å². The van der Waals surface area contributed by atoms with Gasteiger partial charge in [-0.05, 0) is 29.6 Å². The van der Waals surface area contributed by atoms with Gasteiger partial charge in [-0.15, -0.1) is 23.1 Å². The van der Waals surface area contributed by atoms with Gasteiger partial charge in [0.2, 0.25) is 0 Å². The molecule has 5 heteroatoms. The van der Waals surface area contributed by atoms with Crippen molar-refractivity contribution in [3.8, 4) is 0 Å². The molecule has 0 amide bonds. The summed E-state index contributed by atoms with van der Waals surface area (Å²) in [5, 5.41) is 1.81. The number of benzene rings is 1. The van der Waals surface area contributed by atoms with E-state index in [-0.39, 0.29) is 16.4 Å². The zero-order valence-corrected chi connectivity index (χ0v) is 10.3. The Bertz CT molecular complexity index is 523. The number of Topliss-reactive ketones (excluding diaryl/α,β-unsaturated/α-hetero) is 1. The Kier molecular flexibility index (Phi) is 3.91. The summed E-state index contributed by atoms with van der Waals surface area (Å²) in [5.41, 5.74) is 0. The lowest BCUT2D eigenvalue weighted by Crippen LogP contribution is -1.99. The van der Waals surface area contributed by atoms with Crippen LogP contribution in [0.2, 0.25) is 0 Å². The molecule has 0 atom stereocenters. The number of ketones is 1. The van der Waals surface area contributed by atoms with Crippen LogP contribution in [0, 0.1) is 11.6 Å². The van der Waals surface area contributed by atoms with Crippen LogP contribution in [0.25, 0.3) is 0 Å². The molecule has 0 spiro atoms. The van der Waals surface area contributed by atoms with Gasteiger partial charge in [0.15, 0.2) is 5.78 Å². The molecule has 2 rings (SSSR count). The monoisotopic (exact) mass is 270 g/mol. The number of halogens is 2. The molecule has 0 unspecified atom stereocenters. The Labute approximate surface area is 105 Å². The molecule has 1 heterocycles. The van der Waals surface area contributed by atoms with Crippen molar-refractivity contribution in [2.75, 3.05) is 5.75 Å². The summed E-state index contributed by atoms with van der Waals surface area (Å²) in [6.07, 6.45) is 0. The van der Waals surface area contributed by atoms with E-state index in [2.05, 4.69) is 0 Å². The van der Waals surface area contributed by atoms with Crippen LogP contribution in [0.4, 0.5) is 8.78 Å². The standard InChI is InChI=1S/C12H8F2OS2/c13-8-3-4-9(14)12(6-8)17-7-10(15)11-2-1-5-16-11/h1-6H,7H2. The molecule has 0 aliphatic rings. The maximum absolute atomic E-state index is 13.3. The molecular weight excluding hydrogens is 262 g/mol.